The zero-order valence-corrected chi connectivity index (χ0v) is 11.4. The summed E-state index contributed by atoms with van der Waals surface area (Å²) in [6, 6.07) is 8.82. The summed E-state index contributed by atoms with van der Waals surface area (Å²) in [5.41, 5.74) is 2.79. The van der Waals surface area contributed by atoms with Gasteiger partial charge in [-0.25, -0.2) is 0 Å². The van der Waals surface area contributed by atoms with Gasteiger partial charge in [0.2, 0.25) is 0 Å². The van der Waals surface area contributed by atoms with Crippen molar-refractivity contribution >= 4 is 6.29 Å². The average molecular weight is 245 g/mol. The molecule has 1 aromatic rings. The van der Waals surface area contributed by atoms with Crippen LogP contribution < -0.4 is 5.32 Å². The van der Waals surface area contributed by atoms with Crippen LogP contribution in [0.15, 0.2) is 24.3 Å². The zero-order valence-electron chi connectivity index (χ0n) is 11.4. The van der Waals surface area contributed by atoms with Gasteiger partial charge in [0.15, 0.2) is 0 Å². The number of nitrogens with one attached hydrogen (secondary N) is 1. The third kappa shape index (κ3) is 2.64. The molecule has 1 heterocycles. The minimum Gasteiger partial charge on any atom is -0.317 e. The quantitative estimate of drug-likeness (QED) is 0.826. The summed E-state index contributed by atoms with van der Waals surface area (Å²) in [5.74, 6) is 0.542. The van der Waals surface area contributed by atoms with E-state index in [1.807, 2.05) is 0 Å². The van der Waals surface area contributed by atoms with Gasteiger partial charge in [0.25, 0.3) is 0 Å². The Labute approximate surface area is 110 Å². The second-order valence-electron chi connectivity index (χ2n) is 5.68. The lowest BCUT2D eigenvalue weighted by atomic mass is 9.70. The number of hydrogen-bond acceptors (Lipinski definition) is 2. The van der Waals surface area contributed by atoms with E-state index in [1.165, 1.54) is 11.1 Å². The fourth-order valence-electron chi connectivity index (χ4n) is 2.90. The number of hydrogen-bond donors (Lipinski definition) is 1. The van der Waals surface area contributed by atoms with Gasteiger partial charge in [-0.1, -0.05) is 38.1 Å². The van der Waals surface area contributed by atoms with Gasteiger partial charge in [-0.3, -0.25) is 0 Å². The lowest BCUT2D eigenvalue weighted by Crippen LogP contribution is -2.40. The molecule has 0 aliphatic carbocycles. The maximum absolute atomic E-state index is 11.0. The van der Waals surface area contributed by atoms with E-state index in [0.717, 1.165) is 32.2 Å². The van der Waals surface area contributed by atoms with Crippen molar-refractivity contribution in [1.29, 1.82) is 0 Å². The molecule has 1 N–H and O–H groups in total. The highest BCUT2D eigenvalue weighted by atomic mass is 16.1. The summed E-state index contributed by atoms with van der Waals surface area (Å²) >= 11 is 0. The molecule has 1 aliphatic heterocycles. The molecule has 98 valence electrons. The molecule has 1 fully saturated rings. The molecule has 2 heteroatoms. The molecule has 0 atom stereocenters. The molecule has 1 aliphatic rings. The van der Waals surface area contributed by atoms with E-state index in [-0.39, 0.29) is 5.41 Å². The largest absolute Gasteiger partial charge is 0.317 e. The Morgan fingerprint density at radius 3 is 2.67 bits per heavy atom. The third-order valence-electron chi connectivity index (χ3n) is 4.20. The SMILES string of the molecule is CC(C)c1cccc(C2(CC=O)CCNCC2)c1. The summed E-state index contributed by atoms with van der Waals surface area (Å²) < 4.78 is 0. The van der Waals surface area contributed by atoms with Crippen molar-refractivity contribution in [3.63, 3.8) is 0 Å². The van der Waals surface area contributed by atoms with Crippen molar-refractivity contribution in [3.05, 3.63) is 35.4 Å². The Balaban J connectivity index is 2.35. The fraction of sp³-hybridized carbons (Fsp3) is 0.562. The first kappa shape index (κ1) is 13.3. The van der Waals surface area contributed by atoms with E-state index >= 15 is 0 Å². The van der Waals surface area contributed by atoms with E-state index in [2.05, 4.69) is 43.4 Å². The maximum Gasteiger partial charge on any atom is 0.120 e. The van der Waals surface area contributed by atoms with Crippen molar-refractivity contribution in [1.82, 2.24) is 5.32 Å². The number of aldehydes is 1. The van der Waals surface area contributed by atoms with Gasteiger partial charge in [0, 0.05) is 11.8 Å². The Morgan fingerprint density at radius 1 is 1.33 bits per heavy atom. The molecule has 0 spiro atoms. The van der Waals surface area contributed by atoms with E-state index < -0.39 is 0 Å². The van der Waals surface area contributed by atoms with Crippen molar-refractivity contribution in [2.24, 2.45) is 0 Å². The topological polar surface area (TPSA) is 29.1 Å². The van der Waals surface area contributed by atoms with Crippen LogP contribution in [0, 0.1) is 0 Å². The molecule has 2 rings (SSSR count). The average Bonchev–Trinajstić information content (AvgIpc) is 2.40. The Kier molecular flexibility index (Phi) is 4.18. The summed E-state index contributed by atoms with van der Waals surface area (Å²) in [7, 11) is 0. The van der Waals surface area contributed by atoms with Crippen molar-refractivity contribution in [2.45, 2.75) is 44.4 Å². The van der Waals surface area contributed by atoms with Crippen molar-refractivity contribution in [2.75, 3.05) is 13.1 Å². The normalized spacial score (nSPS) is 18.8. The predicted octanol–water partition coefficient (Wildman–Crippen LogP) is 3.02. The zero-order chi connectivity index (χ0) is 13.0. The lowest BCUT2D eigenvalue weighted by molar-refractivity contribution is -0.109. The van der Waals surface area contributed by atoms with Gasteiger partial charge in [-0.2, -0.15) is 0 Å². The number of piperidine rings is 1. The second kappa shape index (κ2) is 5.66. The minimum atomic E-state index is 0.0674. The van der Waals surface area contributed by atoms with Gasteiger partial charge < -0.3 is 10.1 Å². The number of benzene rings is 1. The Hall–Kier alpha value is -1.15. The molecular formula is C16H23NO. The summed E-state index contributed by atoms with van der Waals surface area (Å²) in [6.07, 6.45) is 3.87. The Bertz CT molecular complexity index is 405. The van der Waals surface area contributed by atoms with Crippen LogP contribution in [0.5, 0.6) is 0 Å². The fourth-order valence-corrected chi connectivity index (χ4v) is 2.90. The molecule has 0 amide bonds. The Morgan fingerprint density at radius 2 is 2.06 bits per heavy atom. The van der Waals surface area contributed by atoms with Gasteiger partial charge in [-0.15, -0.1) is 0 Å². The lowest BCUT2D eigenvalue weighted by Gasteiger charge is -2.37. The number of carbonyl (C=O) groups excluding carboxylic acids is 1. The summed E-state index contributed by atoms with van der Waals surface area (Å²) in [5, 5.41) is 3.39. The first-order valence-corrected chi connectivity index (χ1v) is 6.93. The molecule has 0 saturated carbocycles. The first-order chi connectivity index (χ1) is 8.68. The van der Waals surface area contributed by atoms with E-state index in [4.69, 9.17) is 0 Å². The maximum atomic E-state index is 11.0. The van der Waals surface area contributed by atoms with Crippen LogP contribution >= 0.6 is 0 Å². The molecule has 1 aromatic carbocycles. The van der Waals surface area contributed by atoms with Gasteiger partial charge in [-0.05, 0) is 43.0 Å². The molecule has 0 radical (unpaired) electrons. The number of carbonyl (C=O) groups is 1. The van der Waals surface area contributed by atoms with E-state index in [9.17, 15) is 4.79 Å². The molecule has 1 saturated heterocycles. The van der Waals surface area contributed by atoms with Gasteiger partial charge in [0.05, 0.1) is 0 Å². The van der Waals surface area contributed by atoms with Crippen LogP contribution in [0.2, 0.25) is 0 Å². The number of rotatable bonds is 4. The molecule has 0 unspecified atom stereocenters. The summed E-state index contributed by atoms with van der Waals surface area (Å²) in [4.78, 5) is 11.0. The predicted molar refractivity (Wildman–Crippen MR) is 75.0 cm³/mol. The van der Waals surface area contributed by atoms with Crippen molar-refractivity contribution < 1.29 is 4.79 Å². The van der Waals surface area contributed by atoms with Crippen LogP contribution in [-0.2, 0) is 10.2 Å². The molecule has 0 aromatic heterocycles. The molecule has 18 heavy (non-hydrogen) atoms. The molecule has 2 nitrogen and oxygen atoms in total. The highest BCUT2D eigenvalue weighted by Gasteiger charge is 2.33. The van der Waals surface area contributed by atoms with E-state index in [0.29, 0.717) is 12.3 Å². The summed E-state index contributed by atoms with van der Waals surface area (Å²) in [6.45, 7) is 6.46. The van der Waals surface area contributed by atoms with Crippen LogP contribution in [-0.4, -0.2) is 19.4 Å². The smallest absolute Gasteiger partial charge is 0.120 e. The van der Waals surface area contributed by atoms with Crippen LogP contribution in [0.4, 0.5) is 0 Å². The second-order valence-corrected chi connectivity index (χ2v) is 5.68. The first-order valence-electron chi connectivity index (χ1n) is 6.93. The third-order valence-corrected chi connectivity index (χ3v) is 4.20. The van der Waals surface area contributed by atoms with E-state index in [1.54, 1.807) is 0 Å². The highest BCUT2D eigenvalue weighted by molar-refractivity contribution is 5.54. The highest BCUT2D eigenvalue weighted by Crippen LogP contribution is 2.37. The molecule has 0 bridgehead atoms. The van der Waals surface area contributed by atoms with Gasteiger partial charge >= 0.3 is 0 Å². The standard InChI is InChI=1S/C16H23NO/c1-13(2)14-4-3-5-15(12-14)16(8-11-18)6-9-17-10-7-16/h3-5,11-13,17H,6-10H2,1-2H3. The van der Waals surface area contributed by atoms with Crippen LogP contribution in [0.25, 0.3) is 0 Å². The van der Waals surface area contributed by atoms with Gasteiger partial charge in [0.1, 0.15) is 6.29 Å². The van der Waals surface area contributed by atoms with Crippen molar-refractivity contribution in [3.8, 4) is 0 Å². The molecular weight excluding hydrogens is 222 g/mol. The van der Waals surface area contributed by atoms with Crippen LogP contribution in [0.1, 0.15) is 50.2 Å². The van der Waals surface area contributed by atoms with Crippen LogP contribution in [0.3, 0.4) is 0 Å². The minimum absolute atomic E-state index is 0.0674. The monoisotopic (exact) mass is 245 g/mol.